The highest BCUT2D eigenvalue weighted by Gasteiger charge is 2.22. The SMILES string of the molecule is Cc1ncsc1C(NN)c1cnnn1-c1ccccc1. The predicted molar refractivity (Wildman–Crippen MR) is 77.4 cm³/mol. The van der Waals surface area contributed by atoms with Gasteiger partial charge in [0.15, 0.2) is 0 Å². The minimum absolute atomic E-state index is 0.183. The zero-order valence-corrected chi connectivity index (χ0v) is 11.7. The van der Waals surface area contributed by atoms with E-state index in [2.05, 4.69) is 20.7 Å². The minimum Gasteiger partial charge on any atom is -0.270 e. The lowest BCUT2D eigenvalue weighted by molar-refractivity contribution is 0.600. The maximum atomic E-state index is 5.73. The molecule has 3 N–H and O–H groups in total. The van der Waals surface area contributed by atoms with Crippen LogP contribution in [-0.4, -0.2) is 20.0 Å². The Balaban J connectivity index is 2.07. The lowest BCUT2D eigenvalue weighted by Gasteiger charge is -2.16. The van der Waals surface area contributed by atoms with Crippen LogP contribution in [0.4, 0.5) is 0 Å². The van der Waals surface area contributed by atoms with E-state index in [9.17, 15) is 0 Å². The van der Waals surface area contributed by atoms with E-state index in [4.69, 9.17) is 5.84 Å². The fourth-order valence-electron chi connectivity index (χ4n) is 2.09. The summed E-state index contributed by atoms with van der Waals surface area (Å²) in [6, 6.07) is 9.66. The molecule has 1 unspecified atom stereocenters. The highest BCUT2D eigenvalue weighted by molar-refractivity contribution is 7.09. The molecule has 0 spiro atoms. The molecule has 0 saturated carbocycles. The van der Waals surface area contributed by atoms with Crippen LogP contribution in [0.15, 0.2) is 42.0 Å². The van der Waals surface area contributed by atoms with E-state index in [1.807, 2.05) is 42.8 Å². The van der Waals surface area contributed by atoms with Crippen molar-refractivity contribution in [2.45, 2.75) is 13.0 Å². The molecule has 0 fully saturated rings. The highest BCUT2D eigenvalue weighted by Crippen LogP contribution is 2.27. The van der Waals surface area contributed by atoms with E-state index in [1.54, 1.807) is 22.2 Å². The first-order valence-electron chi connectivity index (χ1n) is 6.13. The van der Waals surface area contributed by atoms with Gasteiger partial charge in [0.2, 0.25) is 0 Å². The van der Waals surface area contributed by atoms with E-state index in [0.717, 1.165) is 22.0 Å². The van der Waals surface area contributed by atoms with Gasteiger partial charge >= 0.3 is 0 Å². The molecule has 3 rings (SSSR count). The molecule has 1 atom stereocenters. The Kier molecular flexibility index (Phi) is 3.55. The van der Waals surface area contributed by atoms with Crippen molar-refractivity contribution < 1.29 is 0 Å². The zero-order chi connectivity index (χ0) is 13.9. The molecule has 2 heterocycles. The van der Waals surface area contributed by atoms with Crippen molar-refractivity contribution in [3.63, 3.8) is 0 Å². The number of nitrogens with zero attached hydrogens (tertiary/aromatic N) is 4. The lowest BCUT2D eigenvalue weighted by Crippen LogP contribution is -2.30. The van der Waals surface area contributed by atoms with Gasteiger partial charge in [-0.05, 0) is 19.1 Å². The molecule has 1 aromatic carbocycles. The van der Waals surface area contributed by atoms with Crippen molar-refractivity contribution in [1.29, 1.82) is 0 Å². The molecular formula is C13H14N6S. The van der Waals surface area contributed by atoms with E-state index >= 15 is 0 Å². The summed E-state index contributed by atoms with van der Waals surface area (Å²) >= 11 is 1.56. The number of thiazole rings is 1. The number of para-hydroxylation sites is 1. The molecule has 0 bridgehead atoms. The molecule has 0 aliphatic heterocycles. The molecule has 0 aliphatic rings. The van der Waals surface area contributed by atoms with Gasteiger partial charge in [-0.15, -0.1) is 16.4 Å². The Morgan fingerprint density at radius 2 is 2.10 bits per heavy atom. The lowest BCUT2D eigenvalue weighted by atomic mass is 10.1. The quantitative estimate of drug-likeness (QED) is 0.562. The van der Waals surface area contributed by atoms with Gasteiger partial charge in [-0.3, -0.25) is 5.84 Å². The van der Waals surface area contributed by atoms with E-state index in [1.165, 1.54) is 0 Å². The minimum atomic E-state index is -0.183. The maximum Gasteiger partial charge on any atom is 0.101 e. The number of hydrogen-bond donors (Lipinski definition) is 2. The van der Waals surface area contributed by atoms with Crippen molar-refractivity contribution in [2.24, 2.45) is 5.84 Å². The standard InChI is InChI=1S/C13H14N6S/c1-9-13(20-8-15-9)12(17-14)11-7-16-18-19(11)10-5-3-2-4-6-10/h2-8,12,17H,14H2,1H3. The topological polar surface area (TPSA) is 81.7 Å². The van der Waals surface area contributed by atoms with E-state index < -0.39 is 0 Å². The Hall–Kier alpha value is -2.09. The maximum absolute atomic E-state index is 5.73. The molecule has 0 aliphatic carbocycles. The van der Waals surface area contributed by atoms with Crippen LogP contribution in [0.2, 0.25) is 0 Å². The molecule has 6 nitrogen and oxygen atoms in total. The molecule has 2 aromatic heterocycles. The summed E-state index contributed by atoms with van der Waals surface area (Å²) in [6.45, 7) is 1.97. The first kappa shape index (κ1) is 12.9. The van der Waals surface area contributed by atoms with E-state index in [-0.39, 0.29) is 6.04 Å². The molecule has 0 amide bonds. The monoisotopic (exact) mass is 286 g/mol. The smallest absolute Gasteiger partial charge is 0.101 e. The zero-order valence-electron chi connectivity index (χ0n) is 10.9. The van der Waals surface area contributed by atoms with Gasteiger partial charge < -0.3 is 0 Å². The van der Waals surface area contributed by atoms with Crippen molar-refractivity contribution in [3.8, 4) is 5.69 Å². The average Bonchev–Trinajstić information content (AvgIpc) is 3.11. The van der Waals surface area contributed by atoms with Gasteiger partial charge in [-0.25, -0.2) is 15.1 Å². The van der Waals surface area contributed by atoms with Gasteiger partial charge in [0.05, 0.1) is 33.7 Å². The van der Waals surface area contributed by atoms with E-state index in [0.29, 0.717) is 0 Å². The van der Waals surface area contributed by atoms with Crippen LogP contribution in [0.5, 0.6) is 0 Å². The second-order valence-corrected chi connectivity index (χ2v) is 5.19. The third kappa shape index (κ3) is 2.22. The van der Waals surface area contributed by atoms with Gasteiger partial charge in [0, 0.05) is 0 Å². The summed E-state index contributed by atoms with van der Waals surface area (Å²) in [7, 11) is 0. The van der Waals surface area contributed by atoms with Crippen molar-refractivity contribution in [2.75, 3.05) is 0 Å². The van der Waals surface area contributed by atoms with Crippen LogP contribution in [0.25, 0.3) is 5.69 Å². The number of aromatic nitrogens is 4. The fourth-order valence-corrected chi connectivity index (χ4v) is 2.97. The molecule has 0 saturated heterocycles. The Bertz CT molecular complexity index is 690. The molecule has 7 heteroatoms. The summed E-state index contributed by atoms with van der Waals surface area (Å²) < 4.78 is 1.78. The van der Waals surface area contributed by atoms with Crippen molar-refractivity contribution in [1.82, 2.24) is 25.4 Å². The van der Waals surface area contributed by atoms with Crippen molar-refractivity contribution >= 4 is 11.3 Å². The first-order chi connectivity index (χ1) is 9.81. The summed E-state index contributed by atoms with van der Waals surface area (Å²) in [4.78, 5) is 5.33. The normalized spacial score (nSPS) is 12.5. The van der Waals surface area contributed by atoms with Crippen LogP contribution in [0.3, 0.4) is 0 Å². The molecule has 20 heavy (non-hydrogen) atoms. The fraction of sp³-hybridized carbons (Fsp3) is 0.154. The Morgan fingerprint density at radius 3 is 2.75 bits per heavy atom. The Morgan fingerprint density at radius 1 is 1.30 bits per heavy atom. The second kappa shape index (κ2) is 5.49. The van der Waals surface area contributed by atoms with Gasteiger partial charge in [-0.2, -0.15) is 0 Å². The molecule has 0 radical (unpaired) electrons. The van der Waals surface area contributed by atoms with Gasteiger partial charge in [-0.1, -0.05) is 23.4 Å². The van der Waals surface area contributed by atoms with Gasteiger partial charge in [0.1, 0.15) is 6.04 Å². The number of aryl methyl sites for hydroxylation is 1. The summed E-state index contributed by atoms with van der Waals surface area (Å²) in [5.74, 6) is 5.73. The largest absolute Gasteiger partial charge is 0.270 e. The Labute approximate surface area is 120 Å². The third-order valence-electron chi connectivity index (χ3n) is 3.08. The number of nitrogens with two attached hydrogens (primary N) is 1. The number of hydrazine groups is 1. The van der Waals surface area contributed by atoms with Crippen LogP contribution < -0.4 is 11.3 Å². The predicted octanol–water partition coefficient (Wildman–Crippen LogP) is 1.58. The second-order valence-electron chi connectivity index (χ2n) is 4.31. The number of rotatable bonds is 4. The van der Waals surface area contributed by atoms with Crippen molar-refractivity contribution in [3.05, 3.63) is 58.3 Å². The van der Waals surface area contributed by atoms with Crippen LogP contribution in [0, 0.1) is 6.92 Å². The molecule has 3 aromatic rings. The van der Waals surface area contributed by atoms with Gasteiger partial charge in [0.25, 0.3) is 0 Å². The average molecular weight is 286 g/mol. The first-order valence-corrected chi connectivity index (χ1v) is 7.01. The van der Waals surface area contributed by atoms with Crippen LogP contribution in [0.1, 0.15) is 22.3 Å². The number of hydrogen-bond acceptors (Lipinski definition) is 6. The molecular weight excluding hydrogens is 272 g/mol. The molecule has 102 valence electrons. The highest BCUT2D eigenvalue weighted by atomic mass is 32.1. The summed E-state index contributed by atoms with van der Waals surface area (Å²) in [6.07, 6.45) is 1.72. The summed E-state index contributed by atoms with van der Waals surface area (Å²) in [5.41, 5.74) is 7.42. The third-order valence-corrected chi connectivity index (χ3v) is 4.08. The van der Waals surface area contributed by atoms with Crippen LogP contribution in [-0.2, 0) is 0 Å². The number of benzene rings is 1. The van der Waals surface area contributed by atoms with Crippen LogP contribution >= 0.6 is 11.3 Å². The number of nitrogens with one attached hydrogen (secondary N) is 1. The summed E-state index contributed by atoms with van der Waals surface area (Å²) in [5, 5.41) is 8.16.